The molecule has 1 N–H and O–H groups in total. The number of carbonyl (C=O) groups is 1. The number of carbonyl (C=O) groups excluding carboxylic acids is 1. The predicted octanol–water partition coefficient (Wildman–Crippen LogP) is 6.07. The molecule has 196 valence electrons. The molecule has 0 saturated carbocycles. The quantitative estimate of drug-likeness (QED) is 0.307. The average molecular weight is 555 g/mol. The number of aromatic nitrogens is 2. The molecule has 38 heavy (non-hydrogen) atoms. The first-order valence-corrected chi connectivity index (χ1v) is 12.5. The van der Waals surface area contributed by atoms with Crippen molar-refractivity contribution in [1.29, 1.82) is 0 Å². The molecule has 2 heterocycles. The summed E-state index contributed by atoms with van der Waals surface area (Å²) in [6, 6.07) is 12.5. The number of rotatable bonds is 6. The average Bonchev–Trinajstić information content (AvgIpc) is 2.95. The van der Waals surface area contributed by atoms with E-state index in [1.165, 1.54) is 26.6 Å². The molecule has 5 rings (SSSR count). The number of fused-ring (bicyclic) bond motifs is 1. The first kappa shape index (κ1) is 25.8. The van der Waals surface area contributed by atoms with Crippen LogP contribution in [0.2, 0.25) is 10.0 Å². The first-order valence-electron chi connectivity index (χ1n) is 11.8. The van der Waals surface area contributed by atoms with Crippen LogP contribution >= 0.6 is 23.2 Å². The second kappa shape index (κ2) is 11.3. The minimum Gasteiger partial charge on any atom is -0.495 e. The molecule has 1 saturated heterocycles. The van der Waals surface area contributed by atoms with Gasteiger partial charge in [0.25, 0.3) is 0 Å². The van der Waals surface area contributed by atoms with E-state index in [9.17, 15) is 4.79 Å². The molecule has 0 spiro atoms. The van der Waals surface area contributed by atoms with E-state index in [1.807, 2.05) is 24.3 Å². The van der Waals surface area contributed by atoms with Gasteiger partial charge < -0.3 is 23.8 Å². The smallest absolute Gasteiger partial charge is 0.417 e. The van der Waals surface area contributed by atoms with Crippen LogP contribution in [0.5, 0.6) is 17.2 Å². The van der Waals surface area contributed by atoms with E-state index in [0.717, 1.165) is 18.8 Å². The van der Waals surface area contributed by atoms with Gasteiger partial charge >= 0.3 is 6.09 Å². The molecule has 0 bridgehead atoms. The molecule has 1 aliphatic rings. The lowest BCUT2D eigenvalue weighted by Gasteiger charge is -2.28. The lowest BCUT2D eigenvalue weighted by atomic mass is 10.0. The standard InChI is InChI=1S/C27H24Cl2N4O5/c1-35-20-15-21(36-2)24(29)22(23(20)28)18-7-8-19(26-25(18)30-9-10-31-26)38-27(34)32-16-3-5-17(6-4-16)33-11-13-37-14-12-33/h3-10,15H,11-14H2,1-2H3,(H,32,34). The van der Waals surface area contributed by atoms with Gasteiger partial charge in [-0.15, -0.1) is 0 Å². The van der Waals surface area contributed by atoms with Crippen molar-refractivity contribution in [2.75, 3.05) is 50.7 Å². The molecule has 1 fully saturated rings. The van der Waals surface area contributed by atoms with Gasteiger partial charge in [-0.2, -0.15) is 0 Å². The van der Waals surface area contributed by atoms with Crippen molar-refractivity contribution in [3.63, 3.8) is 0 Å². The summed E-state index contributed by atoms with van der Waals surface area (Å²) in [5.74, 6) is 1.000. The summed E-state index contributed by atoms with van der Waals surface area (Å²) >= 11 is 13.3. The molecule has 3 aromatic carbocycles. The number of halogens is 2. The molecule has 1 aromatic heterocycles. The molecule has 0 unspecified atom stereocenters. The van der Waals surface area contributed by atoms with Crippen molar-refractivity contribution < 1.29 is 23.7 Å². The minimum absolute atomic E-state index is 0.224. The number of hydrogen-bond donors (Lipinski definition) is 1. The van der Waals surface area contributed by atoms with Crippen LogP contribution in [0.3, 0.4) is 0 Å². The fraction of sp³-hybridized carbons (Fsp3) is 0.222. The number of amides is 1. The van der Waals surface area contributed by atoms with E-state index in [1.54, 1.807) is 18.2 Å². The molecule has 11 heteroatoms. The summed E-state index contributed by atoms with van der Waals surface area (Å²) in [6.45, 7) is 3.06. The highest BCUT2D eigenvalue weighted by molar-refractivity contribution is 6.41. The van der Waals surface area contributed by atoms with E-state index in [4.69, 9.17) is 42.1 Å². The lowest BCUT2D eigenvalue weighted by Crippen LogP contribution is -2.36. The van der Waals surface area contributed by atoms with Crippen LogP contribution in [-0.2, 0) is 4.74 Å². The zero-order valence-electron chi connectivity index (χ0n) is 20.7. The van der Waals surface area contributed by atoms with Gasteiger partial charge in [-0.3, -0.25) is 10.3 Å². The van der Waals surface area contributed by atoms with E-state index < -0.39 is 6.09 Å². The summed E-state index contributed by atoms with van der Waals surface area (Å²) in [6.07, 6.45) is 2.38. The van der Waals surface area contributed by atoms with Crippen molar-refractivity contribution in [3.05, 3.63) is 64.9 Å². The molecular formula is C27H24Cl2N4O5. The summed E-state index contributed by atoms with van der Waals surface area (Å²) < 4.78 is 21.8. The Kier molecular flexibility index (Phi) is 7.69. The van der Waals surface area contributed by atoms with Crippen molar-refractivity contribution in [1.82, 2.24) is 9.97 Å². The van der Waals surface area contributed by atoms with Gasteiger partial charge in [0.2, 0.25) is 0 Å². The van der Waals surface area contributed by atoms with E-state index >= 15 is 0 Å². The Labute approximate surface area is 229 Å². The van der Waals surface area contributed by atoms with Crippen molar-refractivity contribution in [2.45, 2.75) is 0 Å². The Bertz CT molecular complexity index is 1450. The monoisotopic (exact) mass is 554 g/mol. The van der Waals surface area contributed by atoms with E-state index in [0.29, 0.717) is 52.6 Å². The highest BCUT2D eigenvalue weighted by Gasteiger charge is 2.23. The zero-order chi connectivity index (χ0) is 26.6. The normalized spacial score (nSPS) is 13.3. The number of morpholine rings is 1. The molecule has 9 nitrogen and oxygen atoms in total. The number of nitrogens with zero attached hydrogens (tertiary/aromatic N) is 3. The van der Waals surface area contributed by atoms with E-state index in [-0.39, 0.29) is 15.8 Å². The molecule has 1 aliphatic heterocycles. The zero-order valence-corrected chi connectivity index (χ0v) is 22.2. The van der Waals surface area contributed by atoms with Gasteiger partial charge in [-0.25, -0.2) is 9.78 Å². The predicted molar refractivity (Wildman–Crippen MR) is 147 cm³/mol. The maximum Gasteiger partial charge on any atom is 0.417 e. The van der Waals surface area contributed by atoms with Crippen LogP contribution in [0.4, 0.5) is 16.2 Å². The first-order chi connectivity index (χ1) is 18.5. The van der Waals surface area contributed by atoms with E-state index in [2.05, 4.69) is 20.2 Å². The number of hydrogen-bond acceptors (Lipinski definition) is 8. The Morgan fingerprint density at radius 1 is 0.895 bits per heavy atom. The largest absolute Gasteiger partial charge is 0.495 e. The fourth-order valence-electron chi connectivity index (χ4n) is 4.26. The number of ether oxygens (including phenoxy) is 4. The molecular weight excluding hydrogens is 531 g/mol. The summed E-state index contributed by atoms with van der Waals surface area (Å²) in [5, 5.41) is 3.33. The van der Waals surface area contributed by atoms with Gasteiger partial charge in [-0.1, -0.05) is 23.2 Å². The highest BCUT2D eigenvalue weighted by atomic mass is 35.5. The van der Waals surface area contributed by atoms with Crippen LogP contribution in [-0.4, -0.2) is 56.6 Å². The van der Waals surface area contributed by atoms with Gasteiger partial charge in [0.05, 0.1) is 37.5 Å². The Balaban J connectivity index is 1.42. The molecule has 1 amide bonds. The van der Waals surface area contributed by atoms with Crippen molar-refractivity contribution >= 4 is 51.7 Å². The van der Waals surface area contributed by atoms with Crippen molar-refractivity contribution in [3.8, 4) is 28.4 Å². The van der Waals surface area contributed by atoms with Gasteiger partial charge in [0.1, 0.15) is 22.5 Å². The summed E-state index contributed by atoms with van der Waals surface area (Å²) in [4.78, 5) is 23.9. The highest BCUT2D eigenvalue weighted by Crippen LogP contribution is 2.47. The number of benzene rings is 3. The second-order valence-corrected chi connectivity index (χ2v) is 9.07. The third-order valence-corrected chi connectivity index (χ3v) is 6.87. The number of anilines is 2. The molecule has 0 atom stereocenters. The lowest BCUT2D eigenvalue weighted by molar-refractivity contribution is 0.122. The van der Waals surface area contributed by atoms with Gasteiger partial charge in [0, 0.05) is 54.1 Å². The maximum atomic E-state index is 12.8. The Morgan fingerprint density at radius 3 is 2.16 bits per heavy atom. The molecule has 4 aromatic rings. The number of methoxy groups -OCH3 is 2. The molecule has 0 radical (unpaired) electrons. The van der Waals surface area contributed by atoms with Gasteiger partial charge in [0.15, 0.2) is 5.75 Å². The third-order valence-electron chi connectivity index (χ3n) is 6.12. The Morgan fingerprint density at radius 2 is 1.53 bits per heavy atom. The van der Waals surface area contributed by atoms with Crippen LogP contribution in [0.1, 0.15) is 0 Å². The maximum absolute atomic E-state index is 12.8. The summed E-state index contributed by atoms with van der Waals surface area (Å²) in [5.41, 5.74) is 3.50. The minimum atomic E-state index is -0.664. The SMILES string of the molecule is COc1cc(OC)c(Cl)c(-c2ccc(OC(=O)Nc3ccc(N4CCOCC4)cc3)c3nccnc23)c1Cl. The third kappa shape index (κ3) is 5.13. The summed E-state index contributed by atoms with van der Waals surface area (Å²) in [7, 11) is 3.00. The number of nitrogens with one attached hydrogen (secondary N) is 1. The van der Waals surface area contributed by atoms with Gasteiger partial charge in [-0.05, 0) is 36.4 Å². The second-order valence-electron chi connectivity index (χ2n) is 8.31. The van der Waals surface area contributed by atoms with Crippen molar-refractivity contribution in [2.24, 2.45) is 0 Å². The van der Waals surface area contributed by atoms with Crippen LogP contribution < -0.4 is 24.4 Å². The van der Waals surface area contributed by atoms with Crippen LogP contribution in [0, 0.1) is 0 Å². The molecule has 0 aliphatic carbocycles. The topological polar surface area (TPSA) is 95.0 Å². The Hall–Kier alpha value is -3.79. The fourth-order valence-corrected chi connectivity index (χ4v) is 4.96. The van der Waals surface area contributed by atoms with Crippen LogP contribution in [0.25, 0.3) is 22.2 Å². The van der Waals surface area contributed by atoms with Crippen LogP contribution in [0.15, 0.2) is 54.9 Å².